The molecule has 1 aliphatic carbocycles. The highest BCUT2D eigenvalue weighted by atomic mass is 16.6. The molecule has 33 heavy (non-hydrogen) atoms. The van der Waals surface area contributed by atoms with Crippen LogP contribution >= 0.6 is 0 Å². The fourth-order valence-electron chi connectivity index (χ4n) is 5.25. The lowest BCUT2D eigenvalue weighted by Gasteiger charge is -2.44. The molecular weight excluding hydrogens is 426 g/mol. The van der Waals surface area contributed by atoms with Crippen molar-refractivity contribution in [3.63, 3.8) is 0 Å². The molecule has 0 bridgehead atoms. The monoisotopic (exact) mass is 455 g/mol. The van der Waals surface area contributed by atoms with Crippen LogP contribution in [-0.4, -0.2) is 77.9 Å². The second-order valence-corrected chi connectivity index (χ2v) is 9.54. The molecule has 1 spiro atoms. The summed E-state index contributed by atoms with van der Waals surface area (Å²) in [6.07, 6.45) is 3.87. The maximum absolute atomic E-state index is 13.7. The minimum atomic E-state index is -1.03. The minimum Gasteiger partial charge on any atom is -0.444 e. The van der Waals surface area contributed by atoms with Gasteiger partial charge in [0, 0.05) is 26.1 Å². The van der Waals surface area contributed by atoms with Gasteiger partial charge in [0.05, 0.1) is 19.1 Å². The van der Waals surface area contributed by atoms with Crippen LogP contribution < -0.4 is 5.48 Å². The van der Waals surface area contributed by atoms with Crippen molar-refractivity contribution in [1.82, 2.24) is 15.3 Å². The summed E-state index contributed by atoms with van der Waals surface area (Å²) in [5, 5.41) is 9.40. The molecule has 2 saturated heterocycles. The van der Waals surface area contributed by atoms with Gasteiger partial charge in [-0.05, 0) is 35.8 Å². The Kier molecular flexibility index (Phi) is 5.84. The van der Waals surface area contributed by atoms with Gasteiger partial charge in [0.15, 0.2) is 0 Å². The summed E-state index contributed by atoms with van der Waals surface area (Å²) in [5.41, 5.74) is 3.59. The van der Waals surface area contributed by atoms with E-state index in [0.29, 0.717) is 45.7 Å². The van der Waals surface area contributed by atoms with Crippen LogP contribution in [0.4, 0.5) is 4.79 Å². The summed E-state index contributed by atoms with van der Waals surface area (Å²) in [4.78, 5) is 42.7. The largest absolute Gasteiger partial charge is 0.444 e. The quantitative estimate of drug-likeness (QED) is 0.530. The Balaban J connectivity index is 1.38. The molecule has 1 saturated carbocycles. The zero-order chi connectivity index (χ0) is 23.0. The van der Waals surface area contributed by atoms with Crippen LogP contribution in [0.25, 0.3) is 5.57 Å². The number of nitrogens with zero attached hydrogens (tertiary/aromatic N) is 2. The third-order valence-electron chi connectivity index (χ3n) is 7.30. The van der Waals surface area contributed by atoms with Crippen molar-refractivity contribution in [3.05, 3.63) is 42.0 Å². The molecule has 3 fully saturated rings. The summed E-state index contributed by atoms with van der Waals surface area (Å²) in [7, 11) is 0. The van der Waals surface area contributed by atoms with Crippen molar-refractivity contribution in [2.45, 2.75) is 37.8 Å². The number of hydrogen-bond acceptors (Lipinski definition) is 6. The van der Waals surface area contributed by atoms with Crippen LogP contribution in [0.5, 0.6) is 0 Å². The lowest BCUT2D eigenvalue weighted by molar-refractivity contribution is -0.149. The van der Waals surface area contributed by atoms with Crippen molar-refractivity contribution < 1.29 is 29.1 Å². The first kappa shape index (κ1) is 21.9. The maximum atomic E-state index is 13.7. The first-order valence-corrected chi connectivity index (χ1v) is 11.5. The number of rotatable bonds is 4. The number of hydroxylamine groups is 1. The molecule has 9 heteroatoms. The Morgan fingerprint density at radius 3 is 2.64 bits per heavy atom. The van der Waals surface area contributed by atoms with Crippen LogP contribution in [0.1, 0.15) is 31.2 Å². The van der Waals surface area contributed by atoms with Gasteiger partial charge in [-0.3, -0.25) is 19.7 Å². The number of likely N-dealkylation sites (tertiary alicyclic amines) is 1. The second kappa shape index (κ2) is 8.79. The van der Waals surface area contributed by atoms with Crippen LogP contribution in [0.3, 0.4) is 0 Å². The van der Waals surface area contributed by atoms with E-state index in [4.69, 9.17) is 9.47 Å². The molecule has 3 heterocycles. The lowest BCUT2D eigenvalue weighted by Crippen LogP contribution is -2.62. The number of amides is 3. The highest BCUT2D eigenvalue weighted by Crippen LogP contribution is 2.55. The number of hydrogen-bond donors (Lipinski definition) is 2. The number of carbonyl (C=O) groups excluding carboxylic acids is 3. The fraction of sp³-hybridized carbons (Fsp3) is 0.542. The molecule has 0 aromatic heterocycles. The van der Waals surface area contributed by atoms with Crippen molar-refractivity contribution in [3.8, 4) is 0 Å². The molecule has 2 N–H and O–H groups in total. The predicted molar refractivity (Wildman–Crippen MR) is 117 cm³/mol. The SMILES string of the molecule is O=C(NO)C1CC2(CC2)CN(C(=O)OC2CCOC2)C1C(=O)N1CC=C(c2ccccc2)C1. The van der Waals surface area contributed by atoms with E-state index in [2.05, 4.69) is 0 Å². The molecule has 5 rings (SSSR count). The molecule has 1 aromatic carbocycles. The molecule has 3 atom stereocenters. The summed E-state index contributed by atoms with van der Waals surface area (Å²) in [5.74, 6) is -1.79. The molecule has 176 valence electrons. The Morgan fingerprint density at radius 2 is 1.97 bits per heavy atom. The molecule has 9 nitrogen and oxygen atoms in total. The Morgan fingerprint density at radius 1 is 1.18 bits per heavy atom. The van der Waals surface area contributed by atoms with E-state index in [1.165, 1.54) is 4.90 Å². The molecule has 4 aliphatic rings. The van der Waals surface area contributed by atoms with E-state index in [1.807, 2.05) is 36.4 Å². The van der Waals surface area contributed by atoms with Gasteiger partial charge in [0.2, 0.25) is 11.8 Å². The summed E-state index contributed by atoms with van der Waals surface area (Å²) in [6.45, 7) is 2.04. The first-order chi connectivity index (χ1) is 16.0. The number of ether oxygens (including phenoxy) is 2. The predicted octanol–water partition coefficient (Wildman–Crippen LogP) is 1.81. The zero-order valence-corrected chi connectivity index (χ0v) is 18.4. The Hall–Kier alpha value is -2.91. The smallest absolute Gasteiger partial charge is 0.410 e. The number of carbonyl (C=O) groups is 3. The van der Waals surface area contributed by atoms with Crippen molar-refractivity contribution >= 4 is 23.5 Å². The minimum absolute atomic E-state index is 0.197. The van der Waals surface area contributed by atoms with Crippen molar-refractivity contribution in [1.29, 1.82) is 0 Å². The lowest BCUT2D eigenvalue weighted by atomic mass is 9.80. The Bertz CT molecular complexity index is 954. The fourth-order valence-corrected chi connectivity index (χ4v) is 5.25. The van der Waals surface area contributed by atoms with Gasteiger partial charge in [-0.2, -0.15) is 0 Å². The van der Waals surface area contributed by atoms with Crippen LogP contribution in [0.2, 0.25) is 0 Å². The highest BCUT2D eigenvalue weighted by molar-refractivity contribution is 5.94. The van der Waals surface area contributed by atoms with Crippen molar-refractivity contribution in [2.75, 3.05) is 32.8 Å². The first-order valence-electron chi connectivity index (χ1n) is 11.5. The van der Waals surface area contributed by atoms with E-state index in [-0.39, 0.29) is 17.4 Å². The van der Waals surface area contributed by atoms with Gasteiger partial charge in [0.1, 0.15) is 12.1 Å². The summed E-state index contributed by atoms with van der Waals surface area (Å²) >= 11 is 0. The molecule has 3 amide bonds. The standard InChI is InChI=1S/C24H29N3O6/c28-21(25-31)19-12-24(8-9-24)15-27(23(30)33-18-7-11-32-14-18)20(19)22(29)26-10-6-17(13-26)16-4-2-1-3-5-16/h1-6,18-20,31H,7-15H2,(H,25,28). The maximum Gasteiger partial charge on any atom is 0.410 e. The second-order valence-electron chi connectivity index (χ2n) is 9.54. The normalized spacial score (nSPS) is 27.9. The van der Waals surface area contributed by atoms with E-state index in [9.17, 15) is 19.6 Å². The van der Waals surface area contributed by atoms with Crippen LogP contribution in [-0.2, 0) is 19.1 Å². The van der Waals surface area contributed by atoms with Gasteiger partial charge in [-0.25, -0.2) is 10.3 Å². The van der Waals surface area contributed by atoms with Gasteiger partial charge < -0.3 is 14.4 Å². The number of benzene rings is 1. The molecular formula is C24H29N3O6. The zero-order valence-electron chi connectivity index (χ0n) is 18.4. The van der Waals surface area contributed by atoms with Gasteiger partial charge >= 0.3 is 6.09 Å². The molecule has 0 radical (unpaired) electrons. The summed E-state index contributed by atoms with van der Waals surface area (Å²) < 4.78 is 11.0. The van der Waals surface area contributed by atoms with E-state index < -0.39 is 24.0 Å². The highest BCUT2D eigenvalue weighted by Gasteiger charge is 2.58. The third-order valence-corrected chi connectivity index (χ3v) is 7.30. The van der Waals surface area contributed by atoms with Gasteiger partial charge in [-0.15, -0.1) is 0 Å². The van der Waals surface area contributed by atoms with Crippen molar-refractivity contribution in [2.24, 2.45) is 11.3 Å². The molecule has 3 aliphatic heterocycles. The number of piperidine rings is 1. The average Bonchev–Trinajstić information content (AvgIpc) is 3.23. The van der Waals surface area contributed by atoms with Crippen LogP contribution in [0.15, 0.2) is 36.4 Å². The van der Waals surface area contributed by atoms with E-state index in [1.54, 1.807) is 10.4 Å². The average molecular weight is 456 g/mol. The molecule has 1 aromatic rings. The number of nitrogens with one attached hydrogen (secondary N) is 1. The van der Waals surface area contributed by atoms with Gasteiger partial charge in [0.25, 0.3) is 0 Å². The van der Waals surface area contributed by atoms with E-state index >= 15 is 0 Å². The molecule has 3 unspecified atom stereocenters. The third kappa shape index (κ3) is 4.35. The Labute approximate surface area is 192 Å². The van der Waals surface area contributed by atoms with Gasteiger partial charge in [-0.1, -0.05) is 36.4 Å². The van der Waals surface area contributed by atoms with Crippen LogP contribution in [0, 0.1) is 11.3 Å². The van der Waals surface area contributed by atoms with E-state index in [0.717, 1.165) is 24.0 Å². The topological polar surface area (TPSA) is 108 Å². The summed E-state index contributed by atoms with van der Waals surface area (Å²) in [6, 6.07) is 8.79.